The van der Waals surface area contributed by atoms with E-state index in [0.29, 0.717) is 43.8 Å². The van der Waals surface area contributed by atoms with Gasteiger partial charge in [0.25, 0.3) is 0 Å². The zero-order valence-electron chi connectivity index (χ0n) is 26.0. The number of aromatic amines is 1. The molecular weight excluding hydrogens is 514 g/mol. The number of rotatable bonds is 11. The van der Waals surface area contributed by atoms with Gasteiger partial charge in [-0.1, -0.05) is 64.6 Å². The lowest BCUT2D eigenvalue weighted by Crippen LogP contribution is -2.49. The molecule has 4 rings (SSSR count). The molecule has 0 radical (unpaired) electrons. The van der Waals surface area contributed by atoms with Gasteiger partial charge in [-0.05, 0) is 50.5 Å². The number of benzene rings is 1. The number of hydrogen-bond acceptors (Lipinski definition) is 5. The van der Waals surface area contributed by atoms with Crippen LogP contribution in [0.25, 0.3) is 0 Å². The Morgan fingerprint density at radius 1 is 1.12 bits per heavy atom. The summed E-state index contributed by atoms with van der Waals surface area (Å²) in [5.41, 5.74) is 3.09. The topological polar surface area (TPSA) is 99.3 Å². The van der Waals surface area contributed by atoms with E-state index in [0.717, 1.165) is 50.0 Å². The predicted molar refractivity (Wildman–Crippen MR) is 170 cm³/mol. The lowest BCUT2D eigenvalue weighted by atomic mass is 9.96. The predicted octanol–water partition coefficient (Wildman–Crippen LogP) is 6.24. The highest BCUT2D eigenvalue weighted by Crippen LogP contribution is 2.23. The van der Waals surface area contributed by atoms with Crippen molar-refractivity contribution in [3.05, 3.63) is 65.9 Å². The van der Waals surface area contributed by atoms with E-state index in [1.807, 2.05) is 45.9 Å². The van der Waals surface area contributed by atoms with Crippen LogP contribution < -0.4 is 10.6 Å². The van der Waals surface area contributed by atoms with Gasteiger partial charge in [0.1, 0.15) is 11.9 Å². The number of carbonyl (C=O) groups is 2. The Hall–Kier alpha value is -3.13. The monoisotopic (exact) mass is 571 g/mol. The van der Waals surface area contributed by atoms with E-state index >= 15 is 0 Å². The molecule has 0 unspecified atom stereocenters. The fourth-order valence-corrected chi connectivity index (χ4v) is 5.29. The van der Waals surface area contributed by atoms with Crippen molar-refractivity contribution in [2.24, 2.45) is 5.92 Å². The van der Waals surface area contributed by atoms with Gasteiger partial charge < -0.3 is 25.3 Å². The summed E-state index contributed by atoms with van der Waals surface area (Å²) in [6.45, 7) is 17.1. The highest BCUT2D eigenvalue weighted by atomic mass is 16.5. The number of hydrogen-bond donors (Lipinski definition) is 3. The molecule has 2 aliphatic rings. The minimum atomic E-state index is -0.673. The summed E-state index contributed by atoms with van der Waals surface area (Å²) in [5.74, 6) is 0.686. The molecule has 8 nitrogen and oxygen atoms in total. The van der Waals surface area contributed by atoms with E-state index in [-0.39, 0.29) is 21.2 Å². The van der Waals surface area contributed by atoms with Gasteiger partial charge in [-0.25, -0.2) is 4.98 Å². The molecule has 2 amide bonds. The molecule has 2 aromatic rings. The van der Waals surface area contributed by atoms with Crippen LogP contribution in [0.15, 0.2) is 48.8 Å². The number of piperidine rings is 1. The lowest BCUT2D eigenvalue weighted by Gasteiger charge is -2.37. The molecule has 2 fully saturated rings. The maximum Gasteiger partial charge on any atom is 0.243 e. The van der Waals surface area contributed by atoms with Gasteiger partial charge in [0, 0.05) is 65.5 Å². The minimum absolute atomic E-state index is 0. The molecule has 2 atom stereocenters. The third-order valence-corrected chi connectivity index (χ3v) is 7.46. The molecule has 0 saturated carbocycles. The van der Waals surface area contributed by atoms with E-state index in [1.54, 1.807) is 6.20 Å². The molecule has 1 aromatic carbocycles. The third kappa shape index (κ3) is 11.7. The first-order chi connectivity index (χ1) is 20.0. The van der Waals surface area contributed by atoms with Crippen LogP contribution in [0.3, 0.4) is 0 Å². The second-order valence-corrected chi connectivity index (χ2v) is 10.4. The minimum Gasteiger partial charge on any atom is -0.381 e. The Morgan fingerprint density at radius 2 is 1.83 bits per heavy atom. The van der Waals surface area contributed by atoms with Crippen molar-refractivity contribution in [1.29, 1.82) is 0 Å². The van der Waals surface area contributed by atoms with Gasteiger partial charge >= 0.3 is 0 Å². The first-order valence-electron chi connectivity index (χ1n) is 15.6. The zero-order chi connectivity index (χ0) is 30.0. The number of H-pyrrole nitrogens is 1. The zero-order valence-corrected chi connectivity index (χ0v) is 26.0. The van der Waals surface area contributed by atoms with Gasteiger partial charge in [-0.2, -0.15) is 0 Å². The number of amides is 2. The SMILES string of the molecule is C=C(C[C@H](NC(=O)CC1CCOCC1)C(=O)NCc1ncc(Cc2ccccc2)[nH]1)N1CCCC[C@@H]1C.CC.CC.[HH].[HH]. The van der Waals surface area contributed by atoms with E-state index in [9.17, 15) is 9.59 Å². The molecule has 232 valence electrons. The molecule has 2 aliphatic heterocycles. The summed E-state index contributed by atoms with van der Waals surface area (Å²) in [7, 11) is 0. The fourth-order valence-electron chi connectivity index (χ4n) is 5.29. The highest BCUT2D eigenvalue weighted by molar-refractivity contribution is 5.87. The van der Waals surface area contributed by atoms with Gasteiger partial charge in [0.2, 0.25) is 11.8 Å². The van der Waals surface area contributed by atoms with Crippen molar-refractivity contribution in [1.82, 2.24) is 25.5 Å². The second-order valence-electron chi connectivity index (χ2n) is 10.4. The molecule has 3 heterocycles. The molecule has 0 spiro atoms. The maximum absolute atomic E-state index is 13.3. The summed E-state index contributed by atoms with van der Waals surface area (Å²) in [6, 6.07) is 9.90. The van der Waals surface area contributed by atoms with E-state index in [1.165, 1.54) is 12.0 Å². The number of nitrogens with one attached hydrogen (secondary N) is 3. The molecule has 0 aliphatic carbocycles. The Balaban J connectivity index is 0.00000282. The number of ether oxygens (including phenoxy) is 1. The van der Waals surface area contributed by atoms with Crippen LogP contribution in [0.1, 0.15) is 99.5 Å². The van der Waals surface area contributed by atoms with Gasteiger partial charge in [0.15, 0.2) is 0 Å². The molecular formula is C33H57N5O3. The van der Waals surface area contributed by atoms with E-state index in [2.05, 4.69) is 51.1 Å². The molecule has 2 saturated heterocycles. The Morgan fingerprint density at radius 3 is 2.51 bits per heavy atom. The van der Waals surface area contributed by atoms with Crippen molar-refractivity contribution in [3.8, 4) is 0 Å². The van der Waals surface area contributed by atoms with Crippen molar-refractivity contribution in [2.75, 3.05) is 19.8 Å². The quantitative estimate of drug-likeness (QED) is 0.296. The molecule has 0 bridgehead atoms. The van der Waals surface area contributed by atoms with Gasteiger partial charge in [0.05, 0.1) is 6.54 Å². The van der Waals surface area contributed by atoms with Gasteiger partial charge in [-0.3, -0.25) is 9.59 Å². The van der Waals surface area contributed by atoms with Crippen LogP contribution in [0.2, 0.25) is 0 Å². The standard InChI is InChI=1S/C29H41N5O3.2C2H6.2H2/c1-21-8-6-7-13-34(21)22(2)16-26(33-28(35)18-24-11-14-37-15-12-24)29(36)31-20-27-30-19-25(32-27)17-23-9-4-3-5-10-23;2*1-2;;/h3-5,9-10,19,21,24,26H,2,6-8,11-18,20H2,1H3,(H,30,32)(H,31,36)(H,33,35);2*1-2H3;2*1H/t21-,26-;;;;/m0..../s1. The first-order valence-corrected chi connectivity index (χ1v) is 15.6. The van der Waals surface area contributed by atoms with Crippen molar-refractivity contribution in [2.45, 2.75) is 105 Å². The lowest BCUT2D eigenvalue weighted by molar-refractivity contribution is -0.130. The number of aromatic nitrogens is 2. The van der Waals surface area contributed by atoms with Crippen LogP contribution in [0, 0.1) is 5.92 Å². The number of nitrogens with zero attached hydrogens (tertiary/aromatic N) is 2. The average molecular weight is 572 g/mol. The largest absolute Gasteiger partial charge is 0.381 e. The summed E-state index contributed by atoms with van der Waals surface area (Å²) in [5, 5.41) is 5.99. The van der Waals surface area contributed by atoms with E-state index in [4.69, 9.17) is 4.74 Å². The van der Waals surface area contributed by atoms with E-state index < -0.39 is 6.04 Å². The van der Waals surface area contributed by atoms with Crippen LogP contribution in [-0.4, -0.2) is 58.5 Å². The first kappa shape index (κ1) is 34.1. The second kappa shape index (κ2) is 19.1. The number of likely N-dealkylation sites (tertiary alicyclic amines) is 1. The summed E-state index contributed by atoms with van der Waals surface area (Å²) in [6.07, 6.45) is 8.59. The molecule has 8 heteroatoms. The number of carbonyl (C=O) groups excluding carboxylic acids is 2. The van der Waals surface area contributed by atoms with Crippen LogP contribution in [-0.2, 0) is 27.3 Å². The van der Waals surface area contributed by atoms with Crippen molar-refractivity contribution >= 4 is 11.8 Å². The van der Waals surface area contributed by atoms with Crippen molar-refractivity contribution in [3.63, 3.8) is 0 Å². The average Bonchev–Trinajstić information content (AvgIpc) is 3.46. The molecule has 3 N–H and O–H groups in total. The summed E-state index contributed by atoms with van der Waals surface area (Å²) < 4.78 is 5.42. The van der Waals surface area contributed by atoms with Crippen LogP contribution >= 0.6 is 0 Å². The molecule has 1 aromatic heterocycles. The maximum atomic E-state index is 13.3. The summed E-state index contributed by atoms with van der Waals surface area (Å²) >= 11 is 0. The third-order valence-electron chi connectivity index (χ3n) is 7.46. The van der Waals surface area contributed by atoms with Gasteiger partial charge in [-0.15, -0.1) is 0 Å². The smallest absolute Gasteiger partial charge is 0.243 e. The highest BCUT2D eigenvalue weighted by Gasteiger charge is 2.27. The van der Waals surface area contributed by atoms with Crippen molar-refractivity contribution < 1.29 is 17.2 Å². The molecule has 41 heavy (non-hydrogen) atoms. The Kier molecular flexibility index (Phi) is 15.9. The number of imidazole rings is 1. The summed E-state index contributed by atoms with van der Waals surface area (Å²) in [4.78, 5) is 36.2. The normalized spacial score (nSPS) is 17.7. The fraction of sp³-hybridized carbons (Fsp3) is 0.606. The Labute approximate surface area is 250 Å². The van der Waals surface area contributed by atoms with Crippen LogP contribution in [0.4, 0.5) is 0 Å². The van der Waals surface area contributed by atoms with Crippen LogP contribution in [0.5, 0.6) is 0 Å². The Bertz CT molecular complexity index is 1040.